The monoisotopic (exact) mass is 449 g/mol. The average molecular weight is 450 g/mol. The summed E-state index contributed by atoms with van der Waals surface area (Å²) < 4.78 is 22.2. The van der Waals surface area contributed by atoms with Crippen molar-refractivity contribution < 1.29 is 33.1 Å². The zero-order valence-electron chi connectivity index (χ0n) is 16.7. The molecule has 3 heterocycles. The Balaban J connectivity index is 1.69. The molecule has 0 saturated carbocycles. The molecule has 2 saturated heterocycles. The van der Waals surface area contributed by atoms with E-state index in [0.29, 0.717) is 17.9 Å². The first-order valence-corrected chi connectivity index (χ1v) is 12.1. The lowest BCUT2D eigenvalue weighted by molar-refractivity contribution is -0.163. The molecule has 3 N–H and O–H groups in total. The number of carboxylic acid groups (broad SMARTS) is 1. The summed E-state index contributed by atoms with van der Waals surface area (Å²) in [7, 11) is -1.54. The zero-order chi connectivity index (χ0) is 21.7. The molecule has 0 radical (unpaired) electrons. The number of rotatable bonds is 8. The molecule has 0 spiro atoms. The molecule has 0 aromatic heterocycles. The van der Waals surface area contributed by atoms with Crippen molar-refractivity contribution >= 4 is 33.7 Å². The Hall–Kier alpha value is -1.18. The summed E-state index contributed by atoms with van der Waals surface area (Å²) in [6, 6.07) is -0.343. The SMILES string of the molecule is C[C@@H](O)[C@H]1C(=O)N2C(C(=O)O)=C(S[C@H]3C[C@@H](CONS(C)(=O)=O)N(C)C3)[C@H](C)[C@H]12. The molecule has 0 aromatic carbocycles. The van der Waals surface area contributed by atoms with Gasteiger partial charge in [-0.1, -0.05) is 11.8 Å². The quantitative estimate of drug-likeness (QED) is 0.328. The molecule has 1 amide bonds. The second kappa shape index (κ2) is 8.16. The number of aliphatic carboxylic acids is 1. The van der Waals surface area contributed by atoms with Crippen molar-refractivity contribution in [3.05, 3.63) is 10.6 Å². The topological polar surface area (TPSA) is 136 Å². The van der Waals surface area contributed by atoms with Crippen LogP contribution in [0.1, 0.15) is 20.3 Å². The summed E-state index contributed by atoms with van der Waals surface area (Å²) in [6.07, 6.45) is 0.873. The number of sulfonamides is 1. The molecule has 12 heteroatoms. The molecule has 164 valence electrons. The number of nitrogens with one attached hydrogen (secondary N) is 1. The number of hydrogen-bond donors (Lipinski definition) is 3. The van der Waals surface area contributed by atoms with Gasteiger partial charge in [0.05, 0.1) is 30.9 Å². The maximum atomic E-state index is 12.4. The van der Waals surface area contributed by atoms with Gasteiger partial charge in [-0.25, -0.2) is 13.2 Å². The lowest BCUT2D eigenvalue weighted by atomic mass is 9.79. The van der Waals surface area contributed by atoms with E-state index in [4.69, 9.17) is 4.84 Å². The predicted octanol–water partition coefficient (Wildman–Crippen LogP) is -0.573. The molecule has 0 aromatic rings. The number of hydrogen-bond acceptors (Lipinski definition) is 8. The lowest BCUT2D eigenvalue weighted by Gasteiger charge is -2.46. The molecule has 3 aliphatic heterocycles. The fourth-order valence-corrected chi connectivity index (χ4v) is 6.33. The van der Waals surface area contributed by atoms with Crippen LogP contribution in [-0.2, 0) is 24.4 Å². The van der Waals surface area contributed by atoms with Crippen LogP contribution >= 0.6 is 11.8 Å². The molecular formula is C17H27N3O7S2. The van der Waals surface area contributed by atoms with Crippen LogP contribution < -0.4 is 4.89 Å². The van der Waals surface area contributed by atoms with E-state index in [1.54, 1.807) is 6.92 Å². The first kappa shape index (κ1) is 22.5. The second-order valence-electron chi connectivity index (χ2n) is 8.01. The van der Waals surface area contributed by atoms with Crippen LogP contribution in [0.5, 0.6) is 0 Å². The summed E-state index contributed by atoms with van der Waals surface area (Å²) in [5.74, 6) is -2.22. The van der Waals surface area contributed by atoms with E-state index in [9.17, 15) is 28.2 Å². The summed E-state index contributed by atoms with van der Waals surface area (Å²) >= 11 is 1.46. The molecule has 2 fully saturated rings. The highest BCUT2D eigenvalue weighted by atomic mass is 32.2. The molecule has 3 rings (SSSR count). The van der Waals surface area contributed by atoms with Gasteiger partial charge < -0.3 is 15.1 Å². The van der Waals surface area contributed by atoms with E-state index in [1.165, 1.54) is 16.7 Å². The number of carbonyl (C=O) groups is 2. The van der Waals surface area contributed by atoms with Crippen LogP contribution in [-0.4, -0.2) is 90.2 Å². The van der Waals surface area contributed by atoms with E-state index in [0.717, 1.165) is 6.26 Å². The van der Waals surface area contributed by atoms with Gasteiger partial charge in [0, 0.05) is 28.7 Å². The third kappa shape index (κ3) is 4.32. The van der Waals surface area contributed by atoms with Gasteiger partial charge in [0.2, 0.25) is 15.9 Å². The van der Waals surface area contributed by atoms with Crippen molar-refractivity contribution in [3.8, 4) is 0 Å². The molecule has 6 atom stereocenters. The maximum Gasteiger partial charge on any atom is 0.353 e. The van der Waals surface area contributed by atoms with Crippen LogP contribution in [0, 0.1) is 11.8 Å². The fourth-order valence-electron chi connectivity index (χ4n) is 4.40. The van der Waals surface area contributed by atoms with Crippen LogP contribution in [0.25, 0.3) is 0 Å². The van der Waals surface area contributed by atoms with Gasteiger partial charge >= 0.3 is 5.97 Å². The summed E-state index contributed by atoms with van der Waals surface area (Å²) in [5, 5.41) is 19.7. The van der Waals surface area contributed by atoms with Gasteiger partial charge in [0.25, 0.3) is 0 Å². The van der Waals surface area contributed by atoms with Crippen LogP contribution in [0.4, 0.5) is 0 Å². The second-order valence-corrected chi connectivity index (χ2v) is 11.1. The van der Waals surface area contributed by atoms with Crippen molar-refractivity contribution in [2.75, 3.05) is 26.5 Å². The molecule has 3 aliphatic rings. The molecule has 0 aliphatic carbocycles. The van der Waals surface area contributed by atoms with Crippen molar-refractivity contribution in [3.63, 3.8) is 0 Å². The van der Waals surface area contributed by atoms with Gasteiger partial charge in [0.1, 0.15) is 5.70 Å². The number of aliphatic hydroxyl groups excluding tert-OH is 1. The number of likely N-dealkylation sites (N-methyl/N-ethyl adjacent to an activating group) is 1. The van der Waals surface area contributed by atoms with Crippen molar-refractivity contribution in [2.45, 2.75) is 43.7 Å². The molecule has 0 unspecified atom stereocenters. The van der Waals surface area contributed by atoms with Gasteiger partial charge in [-0.3, -0.25) is 14.5 Å². The molecule has 10 nitrogen and oxygen atoms in total. The smallest absolute Gasteiger partial charge is 0.353 e. The Morgan fingerprint density at radius 1 is 1.45 bits per heavy atom. The minimum atomic E-state index is -3.44. The highest BCUT2D eigenvalue weighted by Gasteiger charge is 2.60. The number of carboxylic acids is 1. The highest BCUT2D eigenvalue weighted by molar-refractivity contribution is 8.03. The Bertz CT molecular complexity index is 829. The van der Waals surface area contributed by atoms with Crippen molar-refractivity contribution in [1.29, 1.82) is 0 Å². The van der Waals surface area contributed by atoms with Gasteiger partial charge in [-0.15, -0.1) is 11.8 Å². The third-order valence-electron chi connectivity index (χ3n) is 5.74. The number of aliphatic hydroxyl groups is 1. The van der Waals surface area contributed by atoms with E-state index < -0.39 is 28.0 Å². The van der Waals surface area contributed by atoms with E-state index in [1.807, 2.05) is 23.8 Å². The number of carbonyl (C=O) groups excluding carboxylic acids is 1. The number of thioether (sulfide) groups is 1. The number of fused-ring (bicyclic) bond motifs is 1. The molecular weight excluding hydrogens is 422 g/mol. The van der Waals surface area contributed by atoms with E-state index in [2.05, 4.69) is 0 Å². The van der Waals surface area contributed by atoms with Gasteiger partial charge in [0.15, 0.2) is 0 Å². The minimum Gasteiger partial charge on any atom is -0.477 e. The zero-order valence-corrected chi connectivity index (χ0v) is 18.4. The number of amides is 1. The highest BCUT2D eigenvalue weighted by Crippen LogP contribution is 2.52. The van der Waals surface area contributed by atoms with Gasteiger partial charge in [-0.05, 0) is 20.4 Å². The summed E-state index contributed by atoms with van der Waals surface area (Å²) in [6.45, 7) is 4.31. The predicted molar refractivity (Wildman–Crippen MR) is 106 cm³/mol. The molecule has 29 heavy (non-hydrogen) atoms. The first-order chi connectivity index (χ1) is 13.4. The van der Waals surface area contributed by atoms with E-state index in [-0.39, 0.29) is 41.5 Å². The Morgan fingerprint density at radius 3 is 2.66 bits per heavy atom. The normalized spacial score (nSPS) is 33.8. The summed E-state index contributed by atoms with van der Waals surface area (Å²) in [5.41, 5.74) is 0.0236. The number of nitrogens with zero attached hydrogens (tertiary/aromatic N) is 2. The van der Waals surface area contributed by atoms with E-state index >= 15 is 0 Å². The summed E-state index contributed by atoms with van der Waals surface area (Å²) in [4.78, 5) is 35.4. The maximum absolute atomic E-state index is 12.4. The first-order valence-electron chi connectivity index (χ1n) is 9.36. The Morgan fingerprint density at radius 2 is 2.10 bits per heavy atom. The number of β-lactam (4-membered cyclic amide) rings is 1. The van der Waals surface area contributed by atoms with Crippen LogP contribution in [0.3, 0.4) is 0 Å². The van der Waals surface area contributed by atoms with Crippen LogP contribution in [0.2, 0.25) is 0 Å². The lowest BCUT2D eigenvalue weighted by Crippen LogP contribution is -2.63. The standard InChI is InChI=1S/C17H27N3O7S2/c1-8-13-12(9(2)21)16(22)20(13)14(17(23)24)15(8)28-11-5-10(19(3)6-11)7-27-18-29(4,25)26/h8-13,18,21H,5-7H2,1-4H3,(H,23,24)/t8-,9-,10+,11+,12-,13-/m1/s1. The third-order valence-corrected chi connectivity index (χ3v) is 7.66. The van der Waals surface area contributed by atoms with Crippen molar-refractivity contribution in [1.82, 2.24) is 14.7 Å². The molecule has 0 bridgehead atoms. The van der Waals surface area contributed by atoms with Crippen molar-refractivity contribution in [2.24, 2.45) is 11.8 Å². The minimum absolute atomic E-state index is 0.0174. The van der Waals surface area contributed by atoms with Crippen LogP contribution in [0.15, 0.2) is 10.6 Å². The Labute approximate surface area is 174 Å². The largest absolute Gasteiger partial charge is 0.477 e. The fraction of sp³-hybridized carbons (Fsp3) is 0.765. The Kier molecular flexibility index (Phi) is 6.33. The number of likely N-dealkylation sites (tertiary alicyclic amines) is 1. The van der Waals surface area contributed by atoms with Gasteiger partial charge in [-0.2, -0.15) is 0 Å². The average Bonchev–Trinajstić information content (AvgIpc) is 3.03.